The molecule has 0 aliphatic carbocycles. The van der Waals surface area contributed by atoms with Gasteiger partial charge in [-0.2, -0.15) is 0 Å². The number of nitrogens with one attached hydrogen (secondary N) is 1. The van der Waals surface area contributed by atoms with Gasteiger partial charge in [-0.05, 0) is 25.1 Å². The second kappa shape index (κ2) is 6.19. The standard InChI is InChI=1S/C12H16ClN3S/c1-16-9-8-15-12(16)5-7-14-6-4-10-2-3-11(13)17-10/h2-3,8-9,14H,4-7H2,1H3. The lowest BCUT2D eigenvalue weighted by Crippen LogP contribution is -2.20. The van der Waals surface area contributed by atoms with Crippen LogP contribution in [0.15, 0.2) is 24.5 Å². The molecule has 92 valence electrons. The first kappa shape index (κ1) is 12.6. The fourth-order valence-electron chi connectivity index (χ4n) is 1.66. The van der Waals surface area contributed by atoms with E-state index in [4.69, 9.17) is 11.6 Å². The Labute approximate surface area is 110 Å². The van der Waals surface area contributed by atoms with Gasteiger partial charge in [0.2, 0.25) is 0 Å². The molecular weight excluding hydrogens is 254 g/mol. The maximum absolute atomic E-state index is 5.87. The van der Waals surface area contributed by atoms with Crippen molar-refractivity contribution in [2.45, 2.75) is 12.8 Å². The molecule has 1 N–H and O–H groups in total. The highest BCUT2D eigenvalue weighted by Gasteiger charge is 1.99. The smallest absolute Gasteiger partial charge is 0.109 e. The van der Waals surface area contributed by atoms with Gasteiger partial charge in [-0.15, -0.1) is 11.3 Å². The molecule has 0 spiro atoms. The topological polar surface area (TPSA) is 29.9 Å². The Morgan fingerprint density at radius 3 is 2.82 bits per heavy atom. The number of aryl methyl sites for hydroxylation is 1. The molecular formula is C12H16ClN3S. The van der Waals surface area contributed by atoms with Crippen molar-refractivity contribution in [2.75, 3.05) is 13.1 Å². The summed E-state index contributed by atoms with van der Waals surface area (Å²) in [4.78, 5) is 5.62. The van der Waals surface area contributed by atoms with Gasteiger partial charge < -0.3 is 9.88 Å². The number of aromatic nitrogens is 2. The Kier molecular flexibility index (Phi) is 4.59. The molecule has 0 aromatic carbocycles. The molecule has 0 fully saturated rings. The highest BCUT2D eigenvalue weighted by atomic mass is 35.5. The summed E-state index contributed by atoms with van der Waals surface area (Å²) in [5.41, 5.74) is 0. The van der Waals surface area contributed by atoms with Gasteiger partial charge in [0.15, 0.2) is 0 Å². The number of halogens is 1. The minimum atomic E-state index is 0.869. The summed E-state index contributed by atoms with van der Waals surface area (Å²) >= 11 is 7.53. The summed E-state index contributed by atoms with van der Waals surface area (Å²) in [7, 11) is 2.02. The van der Waals surface area contributed by atoms with E-state index in [1.54, 1.807) is 11.3 Å². The molecule has 3 nitrogen and oxygen atoms in total. The number of hydrogen-bond acceptors (Lipinski definition) is 3. The molecule has 2 heterocycles. The van der Waals surface area contributed by atoms with Crippen molar-refractivity contribution < 1.29 is 0 Å². The first-order valence-corrected chi connectivity index (χ1v) is 6.86. The molecule has 17 heavy (non-hydrogen) atoms. The summed E-state index contributed by atoms with van der Waals surface area (Å²) in [6, 6.07) is 4.04. The van der Waals surface area contributed by atoms with Gasteiger partial charge in [0, 0.05) is 37.3 Å². The minimum absolute atomic E-state index is 0.869. The number of nitrogens with zero attached hydrogens (tertiary/aromatic N) is 2. The summed E-state index contributed by atoms with van der Waals surface area (Å²) < 4.78 is 2.92. The third-order valence-corrected chi connectivity index (χ3v) is 3.91. The van der Waals surface area contributed by atoms with Crippen LogP contribution in [0.3, 0.4) is 0 Å². The van der Waals surface area contributed by atoms with Crippen LogP contribution in [-0.2, 0) is 19.9 Å². The van der Waals surface area contributed by atoms with Gasteiger partial charge in [-0.25, -0.2) is 4.98 Å². The average Bonchev–Trinajstić information content (AvgIpc) is 2.88. The summed E-state index contributed by atoms with van der Waals surface area (Å²) in [6.07, 6.45) is 5.82. The molecule has 0 aliphatic heterocycles. The lowest BCUT2D eigenvalue weighted by atomic mass is 10.3. The van der Waals surface area contributed by atoms with Crippen molar-refractivity contribution in [3.05, 3.63) is 39.6 Å². The van der Waals surface area contributed by atoms with Crippen LogP contribution in [0.2, 0.25) is 4.34 Å². The summed E-state index contributed by atoms with van der Waals surface area (Å²) in [6.45, 7) is 1.95. The van der Waals surface area contributed by atoms with Crippen molar-refractivity contribution in [1.82, 2.24) is 14.9 Å². The van der Waals surface area contributed by atoms with Crippen LogP contribution in [0.1, 0.15) is 10.7 Å². The van der Waals surface area contributed by atoms with E-state index in [-0.39, 0.29) is 0 Å². The Bertz CT molecular complexity index is 464. The molecule has 0 radical (unpaired) electrons. The fourth-order valence-corrected chi connectivity index (χ4v) is 2.75. The van der Waals surface area contributed by atoms with E-state index >= 15 is 0 Å². The average molecular weight is 270 g/mol. The molecule has 0 amide bonds. The predicted molar refractivity (Wildman–Crippen MR) is 72.8 cm³/mol. The van der Waals surface area contributed by atoms with Crippen molar-refractivity contribution in [3.8, 4) is 0 Å². The maximum Gasteiger partial charge on any atom is 0.109 e. The Hall–Kier alpha value is -0.840. The van der Waals surface area contributed by atoms with E-state index in [0.717, 1.165) is 36.1 Å². The highest BCUT2D eigenvalue weighted by Crippen LogP contribution is 2.21. The van der Waals surface area contributed by atoms with Crippen LogP contribution in [-0.4, -0.2) is 22.6 Å². The van der Waals surface area contributed by atoms with Crippen molar-refractivity contribution in [1.29, 1.82) is 0 Å². The quantitative estimate of drug-likeness (QED) is 0.817. The van der Waals surface area contributed by atoms with Crippen LogP contribution >= 0.6 is 22.9 Å². The first-order valence-electron chi connectivity index (χ1n) is 5.67. The van der Waals surface area contributed by atoms with E-state index in [9.17, 15) is 0 Å². The van der Waals surface area contributed by atoms with Gasteiger partial charge in [0.1, 0.15) is 5.82 Å². The van der Waals surface area contributed by atoms with Crippen LogP contribution in [0.5, 0.6) is 0 Å². The summed E-state index contributed by atoms with van der Waals surface area (Å²) in [5.74, 6) is 1.12. The zero-order chi connectivity index (χ0) is 12.1. The van der Waals surface area contributed by atoms with Crippen molar-refractivity contribution >= 4 is 22.9 Å². The normalized spacial score (nSPS) is 10.9. The molecule has 0 atom stereocenters. The van der Waals surface area contributed by atoms with E-state index in [1.165, 1.54) is 4.88 Å². The highest BCUT2D eigenvalue weighted by molar-refractivity contribution is 7.16. The van der Waals surface area contributed by atoms with Crippen LogP contribution < -0.4 is 5.32 Å². The lowest BCUT2D eigenvalue weighted by Gasteiger charge is -2.04. The second-order valence-electron chi connectivity index (χ2n) is 3.91. The third-order valence-electron chi connectivity index (χ3n) is 2.62. The number of thiophene rings is 1. The van der Waals surface area contributed by atoms with Crippen molar-refractivity contribution in [3.63, 3.8) is 0 Å². The van der Waals surface area contributed by atoms with E-state index < -0.39 is 0 Å². The third kappa shape index (κ3) is 3.84. The van der Waals surface area contributed by atoms with E-state index in [2.05, 4.69) is 20.9 Å². The molecule has 0 saturated carbocycles. The van der Waals surface area contributed by atoms with E-state index in [0.29, 0.717) is 0 Å². The predicted octanol–water partition coefficient (Wildman–Crippen LogP) is 2.51. The first-order chi connectivity index (χ1) is 8.25. The minimum Gasteiger partial charge on any atom is -0.338 e. The van der Waals surface area contributed by atoms with Crippen molar-refractivity contribution in [2.24, 2.45) is 7.05 Å². The van der Waals surface area contributed by atoms with Crippen LogP contribution in [0.25, 0.3) is 0 Å². The fraction of sp³-hybridized carbons (Fsp3) is 0.417. The molecule has 5 heteroatoms. The SMILES string of the molecule is Cn1ccnc1CCNCCc1ccc(Cl)s1. The second-order valence-corrected chi connectivity index (χ2v) is 5.71. The monoisotopic (exact) mass is 269 g/mol. The Morgan fingerprint density at radius 2 is 2.18 bits per heavy atom. The Balaban J connectivity index is 1.62. The molecule has 0 saturated heterocycles. The zero-order valence-electron chi connectivity index (χ0n) is 9.82. The number of rotatable bonds is 6. The number of hydrogen-bond donors (Lipinski definition) is 1. The molecule has 2 rings (SSSR count). The molecule has 2 aromatic heterocycles. The zero-order valence-corrected chi connectivity index (χ0v) is 11.4. The Morgan fingerprint density at radius 1 is 1.35 bits per heavy atom. The number of imidazole rings is 1. The summed E-state index contributed by atoms with van der Waals surface area (Å²) in [5, 5.41) is 3.42. The lowest BCUT2D eigenvalue weighted by molar-refractivity contribution is 0.655. The molecule has 2 aromatic rings. The van der Waals surface area contributed by atoms with Gasteiger partial charge in [-0.3, -0.25) is 0 Å². The largest absolute Gasteiger partial charge is 0.338 e. The van der Waals surface area contributed by atoms with Gasteiger partial charge in [-0.1, -0.05) is 11.6 Å². The van der Waals surface area contributed by atoms with Crippen LogP contribution in [0, 0.1) is 0 Å². The molecule has 0 bridgehead atoms. The van der Waals surface area contributed by atoms with Gasteiger partial charge in [0.05, 0.1) is 4.34 Å². The molecule has 0 unspecified atom stereocenters. The van der Waals surface area contributed by atoms with Crippen LogP contribution in [0.4, 0.5) is 0 Å². The van der Waals surface area contributed by atoms with Gasteiger partial charge >= 0.3 is 0 Å². The molecule has 0 aliphatic rings. The maximum atomic E-state index is 5.87. The van der Waals surface area contributed by atoms with E-state index in [1.807, 2.05) is 25.5 Å². The van der Waals surface area contributed by atoms with Gasteiger partial charge in [0.25, 0.3) is 0 Å².